The summed E-state index contributed by atoms with van der Waals surface area (Å²) in [5.41, 5.74) is 6.15. The summed E-state index contributed by atoms with van der Waals surface area (Å²) >= 11 is 0. The number of rotatable bonds is 6. The molecule has 0 spiro atoms. The maximum absolute atomic E-state index is 12.9. The van der Waals surface area contributed by atoms with Crippen molar-refractivity contribution in [3.63, 3.8) is 0 Å². The molecule has 0 fully saturated rings. The average molecular weight is 282 g/mol. The Labute approximate surface area is 117 Å². The Balaban J connectivity index is 2.42. The van der Waals surface area contributed by atoms with E-state index < -0.39 is 5.82 Å². The van der Waals surface area contributed by atoms with E-state index in [1.165, 1.54) is 12.1 Å². The van der Waals surface area contributed by atoms with Gasteiger partial charge in [-0.15, -0.1) is 0 Å². The monoisotopic (exact) mass is 282 g/mol. The normalized spacial score (nSPS) is 10.4. The standard InChI is InChI=1S/C13H19FN4O2/c1-16-13(20)8-18(2)6-5-12(19)17-11-4-3-9(14)7-10(11)15/h3-4,7H,5-6,8,15H2,1-2H3,(H,16,20)(H,17,19). The second-order valence-electron chi connectivity index (χ2n) is 4.44. The van der Waals surface area contributed by atoms with Crippen LogP contribution in [-0.2, 0) is 9.59 Å². The molecule has 0 aliphatic heterocycles. The first-order chi connectivity index (χ1) is 9.42. The molecular formula is C13H19FN4O2. The summed E-state index contributed by atoms with van der Waals surface area (Å²) in [7, 11) is 3.30. The molecule has 0 radical (unpaired) electrons. The fourth-order valence-electron chi connectivity index (χ4n) is 1.56. The van der Waals surface area contributed by atoms with Gasteiger partial charge in [0.2, 0.25) is 11.8 Å². The van der Waals surface area contributed by atoms with Crippen LogP contribution >= 0.6 is 0 Å². The molecule has 110 valence electrons. The summed E-state index contributed by atoms with van der Waals surface area (Å²) in [6.07, 6.45) is 0.213. The molecule has 6 nitrogen and oxygen atoms in total. The number of halogens is 1. The highest BCUT2D eigenvalue weighted by molar-refractivity contribution is 5.93. The second kappa shape index (κ2) is 7.44. The maximum Gasteiger partial charge on any atom is 0.233 e. The third-order valence-electron chi connectivity index (χ3n) is 2.70. The van der Waals surface area contributed by atoms with Crippen molar-refractivity contribution >= 4 is 23.2 Å². The topological polar surface area (TPSA) is 87.5 Å². The Morgan fingerprint density at radius 2 is 2.05 bits per heavy atom. The molecule has 0 saturated carbocycles. The fourth-order valence-corrected chi connectivity index (χ4v) is 1.56. The van der Waals surface area contributed by atoms with Gasteiger partial charge in [-0.3, -0.25) is 14.5 Å². The lowest BCUT2D eigenvalue weighted by atomic mass is 10.2. The van der Waals surface area contributed by atoms with Gasteiger partial charge in [-0.2, -0.15) is 0 Å². The van der Waals surface area contributed by atoms with E-state index in [1.54, 1.807) is 19.0 Å². The second-order valence-corrected chi connectivity index (χ2v) is 4.44. The lowest BCUT2D eigenvalue weighted by molar-refractivity contribution is -0.122. The number of hydrogen-bond donors (Lipinski definition) is 3. The van der Waals surface area contributed by atoms with Gasteiger partial charge in [0.25, 0.3) is 0 Å². The third-order valence-corrected chi connectivity index (χ3v) is 2.70. The Hall–Kier alpha value is -2.15. The van der Waals surface area contributed by atoms with Crippen LogP contribution in [0.2, 0.25) is 0 Å². The highest BCUT2D eigenvalue weighted by atomic mass is 19.1. The largest absolute Gasteiger partial charge is 0.397 e. The van der Waals surface area contributed by atoms with Gasteiger partial charge in [0, 0.05) is 20.0 Å². The number of nitrogens with zero attached hydrogens (tertiary/aromatic N) is 1. The third kappa shape index (κ3) is 5.23. The van der Waals surface area contributed by atoms with E-state index in [1.807, 2.05) is 0 Å². The number of carbonyl (C=O) groups is 2. The molecule has 0 aromatic heterocycles. The first-order valence-electron chi connectivity index (χ1n) is 6.16. The van der Waals surface area contributed by atoms with Gasteiger partial charge in [0.05, 0.1) is 17.9 Å². The zero-order valence-electron chi connectivity index (χ0n) is 11.6. The van der Waals surface area contributed by atoms with E-state index in [4.69, 9.17) is 5.73 Å². The van der Waals surface area contributed by atoms with Gasteiger partial charge >= 0.3 is 0 Å². The quantitative estimate of drug-likeness (QED) is 0.660. The van der Waals surface area contributed by atoms with Crippen molar-refractivity contribution in [1.82, 2.24) is 10.2 Å². The summed E-state index contributed by atoms with van der Waals surface area (Å²) in [4.78, 5) is 24.6. The molecule has 0 aliphatic carbocycles. The number of nitrogens with two attached hydrogens (primary N) is 1. The zero-order chi connectivity index (χ0) is 15.1. The fraction of sp³-hybridized carbons (Fsp3) is 0.385. The van der Waals surface area contributed by atoms with Crippen LogP contribution in [0.1, 0.15) is 6.42 Å². The van der Waals surface area contributed by atoms with Crippen molar-refractivity contribution in [2.75, 3.05) is 38.2 Å². The minimum absolute atomic E-state index is 0.115. The molecule has 1 rings (SSSR count). The van der Waals surface area contributed by atoms with E-state index in [9.17, 15) is 14.0 Å². The van der Waals surface area contributed by atoms with Gasteiger partial charge < -0.3 is 16.4 Å². The first-order valence-corrected chi connectivity index (χ1v) is 6.16. The molecule has 20 heavy (non-hydrogen) atoms. The van der Waals surface area contributed by atoms with Gasteiger partial charge in [-0.25, -0.2) is 4.39 Å². The number of hydrogen-bond acceptors (Lipinski definition) is 4. The van der Waals surface area contributed by atoms with Crippen molar-refractivity contribution in [1.29, 1.82) is 0 Å². The van der Waals surface area contributed by atoms with Gasteiger partial charge in [-0.1, -0.05) is 0 Å². The molecular weight excluding hydrogens is 263 g/mol. The van der Waals surface area contributed by atoms with E-state index in [0.29, 0.717) is 12.2 Å². The van der Waals surface area contributed by atoms with Crippen LogP contribution in [0.25, 0.3) is 0 Å². The van der Waals surface area contributed by atoms with E-state index in [0.717, 1.165) is 6.07 Å². The molecule has 0 atom stereocenters. The summed E-state index contributed by atoms with van der Waals surface area (Å²) in [6, 6.07) is 3.79. The van der Waals surface area contributed by atoms with Crippen molar-refractivity contribution in [3.05, 3.63) is 24.0 Å². The molecule has 0 heterocycles. The van der Waals surface area contributed by atoms with Crippen LogP contribution in [0.15, 0.2) is 18.2 Å². The van der Waals surface area contributed by atoms with Crippen molar-refractivity contribution in [2.24, 2.45) is 0 Å². The van der Waals surface area contributed by atoms with Gasteiger partial charge in [0.1, 0.15) is 5.82 Å². The first kappa shape index (κ1) is 15.9. The van der Waals surface area contributed by atoms with Crippen molar-refractivity contribution in [2.45, 2.75) is 6.42 Å². The molecule has 7 heteroatoms. The summed E-state index contributed by atoms with van der Waals surface area (Å²) in [5, 5.41) is 5.11. The summed E-state index contributed by atoms with van der Waals surface area (Å²) < 4.78 is 12.9. The molecule has 2 amide bonds. The highest BCUT2D eigenvalue weighted by Gasteiger charge is 2.09. The molecule has 0 aliphatic rings. The number of benzene rings is 1. The highest BCUT2D eigenvalue weighted by Crippen LogP contribution is 2.19. The summed E-state index contributed by atoms with van der Waals surface area (Å²) in [5.74, 6) is -0.812. The number of amides is 2. The Kier molecular flexibility index (Phi) is 5.92. The van der Waals surface area contributed by atoms with Gasteiger partial charge in [-0.05, 0) is 25.2 Å². The predicted octanol–water partition coefficient (Wildman–Crippen LogP) is 0.414. The minimum Gasteiger partial charge on any atom is -0.397 e. The van der Waals surface area contributed by atoms with Crippen LogP contribution < -0.4 is 16.4 Å². The van der Waals surface area contributed by atoms with Crippen LogP contribution in [-0.4, -0.2) is 43.9 Å². The number of anilines is 2. The molecule has 1 aromatic rings. The Morgan fingerprint density at radius 1 is 1.35 bits per heavy atom. The van der Waals surface area contributed by atoms with Crippen molar-refractivity contribution < 1.29 is 14.0 Å². The van der Waals surface area contributed by atoms with E-state index in [2.05, 4.69) is 10.6 Å². The van der Waals surface area contributed by atoms with Crippen LogP contribution in [0.5, 0.6) is 0 Å². The van der Waals surface area contributed by atoms with Gasteiger partial charge in [0.15, 0.2) is 0 Å². The predicted molar refractivity (Wildman–Crippen MR) is 75.6 cm³/mol. The molecule has 0 saturated heterocycles. The molecule has 4 N–H and O–H groups in total. The Bertz CT molecular complexity index is 493. The maximum atomic E-state index is 12.9. The molecule has 0 unspecified atom stereocenters. The smallest absolute Gasteiger partial charge is 0.233 e. The molecule has 0 bridgehead atoms. The summed E-state index contributed by atoms with van der Waals surface area (Å²) in [6.45, 7) is 0.656. The Morgan fingerprint density at radius 3 is 2.65 bits per heavy atom. The lowest BCUT2D eigenvalue weighted by Gasteiger charge is -2.15. The van der Waals surface area contributed by atoms with E-state index >= 15 is 0 Å². The zero-order valence-corrected chi connectivity index (χ0v) is 11.6. The number of carbonyl (C=O) groups excluding carboxylic acids is 2. The number of nitrogen functional groups attached to an aromatic ring is 1. The molecule has 1 aromatic carbocycles. The number of likely N-dealkylation sites (N-methyl/N-ethyl adjacent to an activating group) is 2. The van der Waals surface area contributed by atoms with Crippen LogP contribution in [0, 0.1) is 5.82 Å². The van der Waals surface area contributed by atoms with Crippen LogP contribution in [0.3, 0.4) is 0 Å². The minimum atomic E-state index is -0.453. The van der Waals surface area contributed by atoms with Crippen molar-refractivity contribution in [3.8, 4) is 0 Å². The number of nitrogens with one attached hydrogen (secondary N) is 2. The average Bonchev–Trinajstić information content (AvgIpc) is 2.39. The van der Waals surface area contributed by atoms with E-state index in [-0.39, 0.29) is 30.5 Å². The lowest BCUT2D eigenvalue weighted by Crippen LogP contribution is -2.34. The SMILES string of the molecule is CNC(=O)CN(C)CCC(=O)Nc1ccc(F)cc1N. The van der Waals surface area contributed by atoms with Crippen LogP contribution in [0.4, 0.5) is 15.8 Å².